The molecule has 0 saturated heterocycles. The Morgan fingerprint density at radius 3 is 2.25 bits per heavy atom. The van der Waals surface area contributed by atoms with Gasteiger partial charge < -0.3 is 9.55 Å². The molecule has 9 heteroatoms. The van der Waals surface area contributed by atoms with Gasteiger partial charge >= 0.3 is 0 Å². The van der Waals surface area contributed by atoms with Crippen molar-refractivity contribution in [1.29, 1.82) is 0 Å². The standard InChI is InChI=1S/C15H12N4O2.C8H7N3/c20-19(21)14-3-1-2-12(10-14)11-18-9-8-17-15(18)13-4-6-16-7-5-13;1-3-9-4-2-7(1)8-10-5-6-11-8/h1-10H,11H2;1-6H,(H,10,11). The van der Waals surface area contributed by atoms with Gasteiger partial charge in [-0.15, -0.1) is 0 Å². The maximum absolute atomic E-state index is 10.8. The Bertz CT molecular complexity index is 1270. The van der Waals surface area contributed by atoms with Gasteiger partial charge in [-0.3, -0.25) is 20.1 Å². The van der Waals surface area contributed by atoms with Crippen LogP contribution in [0.5, 0.6) is 0 Å². The molecular weight excluding hydrogens is 406 g/mol. The van der Waals surface area contributed by atoms with E-state index in [9.17, 15) is 10.1 Å². The van der Waals surface area contributed by atoms with Crippen molar-refractivity contribution >= 4 is 5.69 Å². The Morgan fingerprint density at radius 1 is 0.875 bits per heavy atom. The van der Waals surface area contributed by atoms with Crippen LogP contribution in [0, 0.1) is 10.1 Å². The molecule has 0 atom stereocenters. The van der Waals surface area contributed by atoms with Gasteiger partial charge in [0.05, 0.1) is 4.92 Å². The molecule has 0 aliphatic heterocycles. The minimum Gasteiger partial charge on any atom is -0.345 e. The summed E-state index contributed by atoms with van der Waals surface area (Å²) in [5, 5.41) is 10.8. The first-order chi connectivity index (χ1) is 15.7. The van der Waals surface area contributed by atoms with E-state index >= 15 is 0 Å². The normalized spacial score (nSPS) is 10.2. The molecule has 9 nitrogen and oxygen atoms in total. The fraction of sp³-hybridized carbons (Fsp3) is 0.0435. The number of benzene rings is 1. The number of hydrogen-bond acceptors (Lipinski definition) is 6. The van der Waals surface area contributed by atoms with Gasteiger partial charge in [0.15, 0.2) is 0 Å². The molecular formula is C23H19N7O2. The van der Waals surface area contributed by atoms with Gasteiger partial charge in [-0.25, -0.2) is 9.97 Å². The number of non-ortho nitro benzene ring substituents is 1. The fourth-order valence-electron chi connectivity index (χ4n) is 3.10. The Kier molecular flexibility index (Phi) is 6.37. The number of aromatic nitrogens is 6. The van der Waals surface area contributed by atoms with Crippen LogP contribution >= 0.6 is 0 Å². The van der Waals surface area contributed by atoms with Crippen molar-refractivity contribution < 1.29 is 4.92 Å². The largest absolute Gasteiger partial charge is 0.345 e. The highest BCUT2D eigenvalue weighted by Gasteiger charge is 2.09. The van der Waals surface area contributed by atoms with Gasteiger partial charge in [0.2, 0.25) is 0 Å². The number of nitrogens with one attached hydrogen (secondary N) is 1. The second kappa shape index (κ2) is 9.90. The number of nitrogens with zero attached hydrogens (tertiary/aromatic N) is 6. The van der Waals surface area contributed by atoms with Crippen LogP contribution in [0.4, 0.5) is 5.69 Å². The topological polar surface area (TPSA) is 115 Å². The third-order valence-corrected chi connectivity index (χ3v) is 4.58. The third kappa shape index (κ3) is 5.08. The number of aromatic amines is 1. The average molecular weight is 425 g/mol. The average Bonchev–Trinajstić information content (AvgIpc) is 3.54. The van der Waals surface area contributed by atoms with Gasteiger partial charge in [0.1, 0.15) is 11.6 Å². The zero-order chi connectivity index (χ0) is 22.2. The van der Waals surface area contributed by atoms with Crippen LogP contribution in [0.2, 0.25) is 0 Å². The van der Waals surface area contributed by atoms with Crippen LogP contribution in [-0.2, 0) is 6.54 Å². The van der Waals surface area contributed by atoms with Gasteiger partial charge in [-0.2, -0.15) is 0 Å². The number of pyridine rings is 2. The molecule has 0 radical (unpaired) electrons. The van der Waals surface area contributed by atoms with E-state index < -0.39 is 0 Å². The molecule has 0 spiro atoms. The Morgan fingerprint density at radius 2 is 1.59 bits per heavy atom. The lowest BCUT2D eigenvalue weighted by atomic mass is 10.2. The molecule has 4 aromatic heterocycles. The lowest BCUT2D eigenvalue weighted by Crippen LogP contribution is -2.01. The maximum Gasteiger partial charge on any atom is 0.269 e. The van der Waals surface area contributed by atoms with Crippen LogP contribution in [0.25, 0.3) is 22.8 Å². The van der Waals surface area contributed by atoms with Crippen molar-refractivity contribution in [3.05, 3.63) is 114 Å². The summed E-state index contributed by atoms with van der Waals surface area (Å²) in [5.74, 6) is 1.69. The molecule has 32 heavy (non-hydrogen) atoms. The summed E-state index contributed by atoms with van der Waals surface area (Å²) in [7, 11) is 0. The summed E-state index contributed by atoms with van der Waals surface area (Å²) in [5.41, 5.74) is 2.97. The molecule has 0 bridgehead atoms. The lowest BCUT2D eigenvalue weighted by Gasteiger charge is -2.08. The Balaban J connectivity index is 0.000000186. The summed E-state index contributed by atoms with van der Waals surface area (Å²) in [6.07, 6.45) is 14.0. The zero-order valence-electron chi connectivity index (χ0n) is 16.9. The maximum atomic E-state index is 10.8. The highest BCUT2D eigenvalue weighted by molar-refractivity contribution is 5.54. The van der Waals surface area contributed by atoms with E-state index in [0.29, 0.717) is 6.54 Å². The van der Waals surface area contributed by atoms with Crippen LogP contribution in [-0.4, -0.2) is 34.4 Å². The third-order valence-electron chi connectivity index (χ3n) is 4.58. The molecule has 1 N–H and O–H groups in total. The second-order valence-electron chi connectivity index (χ2n) is 6.72. The smallest absolute Gasteiger partial charge is 0.269 e. The quantitative estimate of drug-likeness (QED) is 0.330. The van der Waals surface area contributed by atoms with E-state index in [1.165, 1.54) is 6.07 Å². The van der Waals surface area contributed by atoms with Crippen LogP contribution < -0.4 is 0 Å². The van der Waals surface area contributed by atoms with Crippen molar-refractivity contribution in [2.75, 3.05) is 0 Å². The predicted molar refractivity (Wildman–Crippen MR) is 119 cm³/mol. The van der Waals surface area contributed by atoms with Gasteiger partial charge in [0, 0.05) is 79.4 Å². The number of imidazole rings is 2. The van der Waals surface area contributed by atoms with Gasteiger partial charge in [-0.1, -0.05) is 12.1 Å². The Labute approximate surface area is 183 Å². The molecule has 0 amide bonds. The van der Waals surface area contributed by atoms with E-state index in [-0.39, 0.29) is 10.6 Å². The summed E-state index contributed by atoms with van der Waals surface area (Å²) in [4.78, 5) is 29.8. The zero-order valence-corrected chi connectivity index (χ0v) is 16.9. The molecule has 158 valence electrons. The van der Waals surface area contributed by atoms with Crippen LogP contribution in [0.3, 0.4) is 0 Å². The second-order valence-corrected chi connectivity index (χ2v) is 6.72. The molecule has 0 unspecified atom stereocenters. The van der Waals surface area contributed by atoms with E-state index in [1.54, 1.807) is 55.5 Å². The first-order valence-electron chi connectivity index (χ1n) is 9.75. The van der Waals surface area contributed by atoms with Crippen molar-refractivity contribution in [3.8, 4) is 22.8 Å². The van der Waals surface area contributed by atoms with Crippen molar-refractivity contribution in [2.24, 2.45) is 0 Å². The van der Waals surface area contributed by atoms with Crippen molar-refractivity contribution in [1.82, 2.24) is 29.5 Å². The fourth-order valence-corrected chi connectivity index (χ4v) is 3.10. The van der Waals surface area contributed by atoms with Gasteiger partial charge in [-0.05, 0) is 29.8 Å². The molecule has 0 fully saturated rings. The minimum absolute atomic E-state index is 0.0954. The minimum atomic E-state index is -0.388. The summed E-state index contributed by atoms with van der Waals surface area (Å²) in [6, 6.07) is 14.2. The number of H-pyrrole nitrogens is 1. The first kappa shape index (κ1) is 20.6. The highest BCUT2D eigenvalue weighted by atomic mass is 16.6. The molecule has 5 rings (SSSR count). The molecule has 0 aliphatic carbocycles. The van der Waals surface area contributed by atoms with Crippen LogP contribution in [0.15, 0.2) is 98.1 Å². The lowest BCUT2D eigenvalue weighted by molar-refractivity contribution is -0.384. The molecule has 4 heterocycles. The SMILES string of the molecule is O=[N+]([O-])c1cccc(Cn2ccnc2-c2ccncc2)c1.c1cc(-c2ncc[nH]2)ccn1. The van der Waals surface area contributed by atoms with Crippen molar-refractivity contribution in [3.63, 3.8) is 0 Å². The monoisotopic (exact) mass is 425 g/mol. The summed E-state index contributed by atoms with van der Waals surface area (Å²) < 4.78 is 1.95. The van der Waals surface area contributed by atoms with E-state index in [1.807, 2.05) is 41.1 Å². The number of nitro groups is 1. The van der Waals surface area contributed by atoms with E-state index in [0.717, 1.165) is 28.3 Å². The highest BCUT2D eigenvalue weighted by Crippen LogP contribution is 2.19. The van der Waals surface area contributed by atoms with Crippen molar-refractivity contribution in [2.45, 2.75) is 6.54 Å². The molecule has 5 aromatic rings. The molecule has 0 saturated carbocycles. The summed E-state index contributed by atoms with van der Waals surface area (Å²) >= 11 is 0. The molecule has 0 aliphatic rings. The number of hydrogen-bond donors (Lipinski definition) is 1. The number of rotatable bonds is 5. The van der Waals surface area contributed by atoms with E-state index in [4.69, 9.17) is 0 Å². The predicted octanol–water partition coefficient (Wildman–Crippen LogP) is 4.37. The number of nitro benzene ring substituents is 1. The van der Waals surface area contributed by atoms with Gasteiger partial charge in [0.25, 0.3) is 5.69 Å². The first-order valence-corrected chi connectivity index (χ1v) is 9.75. The van der Waals surface area contributed by atoms with E-state index in [2.05, 4.69) is 24.9 Å². The van der Waals surface area contributed by atoms with Crippen LogP contribution in [0.1, 0.15) is 5.56 Å². The summed E-state index contributed by atoms with van der Waals surface area (Å²) in [6.45, 7) is 0.527. The molecule has 1 aromatic carbocycles. The Hall–Kier alpha value is -4.66.